The van der Waals surface area contributed by atoms with E-state index >= 15 is 0 Å². The Labute approximate surface area is 345 Å². The molecule has 11 aromatic rings. The first kappa shape index (κ1) is 33.5. The van der Waals surface area contributed by atoms with E-state index < -0.39 is 0 Å². The van der Waals surface area contributed by atoms with E-state index in [4.69, 9.17) is 9.97 Å². The Bertz CT molecular complexity index is 3380. The number of thiophene rings is 1. The molecule has 0 atom stereocenters. The Kier molecular flexibility index (Phi) is 7.68. The summed E-state index contributed by atoms with van der Waals surface area (Å²) in [4.78, 5) is 12.9. The Morgan fingerprint density at radius 1 is 0.390 bits per heavy atom. The lowest BCUT2D eigenvalue weighted by Crippen LogP contribution is -2.14. The molecule has 1 aliphatic heterocycles. The Morgan fingerprint density at radius 2 is 1.03 bits per heavy atom. The summed E-state index contributed by atoms with van der Waals surface area (Å²) < 4.78 is 4.93. The molecule has 0 aliphatic carbocycles. The molecule has 0 N–H and O–H groups in total. The maximum absolute atomic E-state index is 5.38. The minimum atomic E-state index is 0.683. The maximum atomic E-state index is 5.38. The smallest absolute Gasteiger partial charge is 0.162 e. The summed E-state index contributed by atoms with van der Waals surface area (Å²) in [6.45, 7) is 0. The number of nitrogens with zero attached hydrogens (tertiary/aromatic N) is 4. The zero-order chi connectivity index (χ0) is 38.9. The van der Waals surface area contributed by atoms with E-state index in [-0.39, 0.29) is 0 Å². The lowest BCUT2D eigenvalue weighted by Gasteiger charge is -2.27. The summed E-state index contributed by atoms with van der Waals surface area (Å²) in [5.41, 5.74) is 13.1. The van der Waals surface area contributed by atoms with Crippen molar-refractivity contribution in [2.75, 3.05) is 4.90 Å². The van der Waals surface area contributed by atoms with Gasteiger partial charge in [-0.05, 0) is 71.3 Å². The lowest BCUT2D eigenvalue weighted by molar-refractivity contribution is 1.12. The number of benzene rings is 8. The molecule has 276 valence electrons. The highest BCUT2D eigenvalue weighted by Gasteiger charge is 2.25. The molecule has 59 heavy (non-hydrogen) atoms. The second kappa shape index (κ2) is 13.5. The van der Waals surface area contributed by atoms with Crippen LogP contribution in [0.3, 0.4) is 0 Å². The first-order valence-corrected chi connectivity index (χ1v) is 20.7. The van der Waals surface area contributed by atoms with Gasteiger partial charge >= 0.3 is 0 Å². The van der Waals surface area contributed by atoms with E-state index in [2.05, 4.69) is 191 Å². The van der Waals surface area contributed by atoms with Gasteiger partial charge in [-0.2, -0.15) is 0 Å². The van der Waals surface area contributed by atoms with Crippen molar-refractivity contribution >= 4 is 82.7 Å². The number of aromatic nitrogens is 3. The Hall–Kier alpha value is -7.60. The van der Waals surface area contributed by atoms with Crippen LogP contribution in [0.2, 0.25) is 0 Å². The van der Waals surface area contributed by atoms with E-state index in [0.29, 0.717) is 5.82 Å². The molecule has 4 nitrogen and oxygen atoms in total. The molecule has 1 aliphatic rings. The number of hydrogen-bond acceptors (Lipinski definition) is 4. The zero-order valence-corrected chi connectivity index (χ0v) is 32.6. The second-order valence-electron chi connectivity index (χ2n) is 15.0. The highest BCUT2D eigenvalue weighted by atomic mass is 32.1. The van der Waals surface area contributed by atoms with E-state index in [0.717, 1.165) is 62.0 Å². The van der Waals surface area contributed by atoms with Gasteiger partial charge in [-0.15, -0.1) is 11.3 Å². The average Bonchev–Trinajstić information content (AvgIpc) is 3.78. The summed E-state index contributed by atoms with van der Waals surface area (Å²) in [5.74, 6) is 1.49. The fourth-order valence-electron chi connectivity index (χ4n) is 8.76. The molecule has 12 rings (SSSR count). The molecule has 0 saturated carbocycles. The third-order valence-electron chi connectivity index (χ3n) is 11.5. The van der Waals surface area contributed by atoms with Gasteiger partial charge in [0.2, 0.25) is 0 Å². The quantitative estimate of drug-likeness (QED) is 0.175. The molecule has 0 bridgehead atoms. The lowest BCUT2D eigenvalue weighted by atomic mass is 9.99. The summed E-state index contributed by atoms with van der Waals surface area (Å²) in [5, 5.41) is 4.99. The van der Waals surface area contributed by atoms with Crippen LogP contribution in [0.5, 0.6) is 0 Å². The van der Waals surface area contributed by atoms with Gasteiger partial charge in [0.1, 0.15) is 5.82 Å². The highest BCUT2D eigenvalue weighted by Crippen LogP contribution is 2.47. The van der Waals surface area contributed by atoms with Crippen LogP contribution in [0.25, 0.3) is 93.6 Å². The number of para-hydroxylation sites is 2. The average molecular weight is 771 g/mol. The fourth-order valence-corrected chi connectivity index (χ4v) is 9.89. The van der Waals surface area contributed by atoms with Crippen molar-refractivity contribution in [2.45, 2.75) is 0 Å². The topological polar surface area (TPSA) is 34.0 Å². The van der Waals surface area contributed by atoms with Crippen molar-refractivity contribution in [3.05, 3.63) is 205 Å². The first-order valence-electron chi connectivity index (χ1n) is 19.9. The molecule has 0 fully saturated rings. The van der Waals surface area contributed by atoms with Crippen molar-refractivity contribution in [3.63, 3.8) is 0 Å². The Morgan fingerprint density at radius 3 is 1.85 bits per heavy atom. The van der Waals surface area contributed by atoms with Crippen LogP contribution in [0.4, 0.5) is 17.2 Å². The number of hydrogen-bond donors (Lipinski definition) is 0. The fraction of sp³-hybridized carbons (Fsp3) is 0. The normalized spacial score (nSPS) is 12.3. The largest absolute Gasteiger partial charge is 0.309 e. The van der Waals surface area contributed by atoms with Crippen molar-refractivity contribution in [2.24, 2.45) is 0 Å². The summed E-state index contributed by atoms with van der Waals surface area (Å²) in [6.07, 6.45) is 4.55. The van der Waals surface area contributed by atoms with Crippen LogP contribution in [0, 0.1) is 0 Å². The number of fused-ring (bicyclic) bond motifs is 8. The van der Waals surface area contributed by atoms with Crippen LogP contribution in [0.1, 0.15) is 11.1 Å². The first-order chi connectivity index (χ1) is 29.2. The van der Waals surface area contributed by atoms with Crippen LogP contribution in [-0.4, -0.2) is 14.5 Å². The molecule has 0 spiro atoms. The van der Waals surface area contributed by atoms with Crippen LogP contribution in [0.15, 0.2) is 194 Å². The van der Waals surface area contributed by atoms with Gasteiger partial charge < -0.3 is 4.57 Å². The van der Waals surface area contributed by atoms with Crippen molar-refractivity contribution in [3.8, 4) is 39.5 Å². The van der Waals surface area contributed by atoms with Gasteiger partial charge in [-0.1, -0.05) is 146 Å². The molecule has 0 unspecified atom stereocenters. The third kappa shape index (κ3) is 5.58. The maximum Gasteiger partial charge on any atom is 0.162 e. The van der Waals surface area contributed by atoms with E-state index in [1.807, 2.05) is 35.6 Å². The summed E-state index contributed by atoms with van der Waals surface area (Å²) >= 11 is 1.84. The van der Waals surface area contributed by atoms with Gasteiger partial charge in [-0.25, -0.2) is 9.97 Å². The van der Waals surface area contributed by atoms with Crippen LogP contribution < -0.4 is 4.90 Å². The molecule has 3 aromatic heterocycles. The number of rotatable bonds is 5. The molecule has 5 heteroatoms. The summed E-state index contributed by atoms with van der Waals surface area (Å²) in [7, 11) is 0. The monoisotopic (exact) mass is 770 g/mol. The van der Waals surface area contributed by atoms with E-state index in [1.54, 1.807) is 0 Å². The number of anilines is 3. The van der Waals surface area contributed by atoms with E-state index in [9.17, 15) is 0 Å². The standard InChI is InChI=1S/C54H34N4S/c1-4-14-35(15-5-1)46-34-53(56-54(55-46)36-16-6-2-7-17-36)58-47-29-27-37(30-39(47)24-25-40-32-52-45(33-49(40)58)44-21-11-13-23-51(44)59-52)38-26-28-43-42-20-10-12-22-48(42)57(50(43)31-38)41-18-8-3-9-19-41/h1-34H. The highest BCUT2D eigenvalue weighted by molar-refractivity contribution is 7.25. The minimum absolute atomic E-state index is 0.683. The second-order valence-corrected chi connectivity index (χ2v) is 16.1. The van der Waals surface area contributed by atoms with Crippen molar-refractivity contribution < 1.29 is 0 Å². The minimum Gasteiger partial charge on any atom is -0.309 e. The molecule has 0 saturated heterocycles. The van der Waals surface area contributed by atoms with Crippen LogP contribution >= 0.6 is 11.3 Å². The SMILES string of the molecule is C1=Cc2cc3sc4ccccc4c3cc2N(c2cc(-c3ccccc3)nc(-c3ccccc3)n2)c2ccc(-c3ccc4c5ccccc5n(-c5ccccc5)c4c3)cc21. The Balaban J connectivity index is 1.08. The van der Waals surface area contributed by atoms with Gasteiger partial charge in [0.15, 0.2) is 5.82 Å². The molecular formula is C54H34N4S. The third-order valence-corrected chi connectivity index (χ3v) is 12.7. The molecule has 0 radical (unpaired) electrons. The van der Waals surface area contributed by atoms with Crippen molar-refractivity contribution in [1.82, 2.24) is 14.5 Å². The van der Waals surface area contributed by atoms with Crippen LogP contribution in [-0.2, 0) is 0 Å². The van der Waals surface area contributed by atoms with Crippen molar-refractivity contribution in [1.29, 1.82) is 0 Å². The van der Waals surface area contributed by atoms with Gasteiger partial charge in [-0.3, -0.25) is 4.90 Å². The molecule has 0 amide bonds. The molecule has 4 heterocycles. The van der Waals surface area contributed by atoms with Gasteiger partial charge in [0.05, 0.1) is 28.1 Å². The summed E-state index contributed by atoms with van der Waals surface area (Å²) in [6, 6.07) is 69.4. The molecular weight excluding hydrogens is 737 g/mol. The van der Waals surface area contributed by atoms with Gasteiger partial charge in [0.25, 0.3) is 0 Å². The molecule has 8 aromatic carbocycles. The predicted molar refractivity (Wildman–Crippen MR) is 249 cm³/mol. The predicted octanol–water partition coefficient (Wildman–Crippen LogP) is 14.9. The van der Waals surface area contributed by atoms with Gasteiger partial charge in [0, 0.05) is 59.4 Å². The van der Waals surface area contributed by atoms with E-state index in [1.165, 1.54) is 42.0 Å². The zero-order valence-electron chi connectivity index (χ0n) is 31.8.